The summed E-state index contributed by atoms with van der Waals surface area (Å²) in [5.41, 5.74) is -0.514. The summed E-state index contributed by atoms with van der Waals surface area (Å²) in [4.78, 5) is 25.5. The van der Waals surface area contributed by atoms with Gasteiger partial charge in [-0.05, 0) is 18.8 Å². The highest BCUT2D eigenvalue weighted by Gasteiger charge is 2.52. The van der Waals surface area contributed by atoms with Crippen LogP contribution < -0.4 is 5.32 Å². The molecule has 1 saturated carbocycles. The second kappa shape index (κ2) is 4.07. The summed E-state index contributed by atoms with van der Waals surface area (Å²) in [6.07, 6.45) is 4.94. The van der Waals surface area contributed by atoms with Gasteiger partial charge in [0, 0.05) is 6.54 Å². The molecule has 4 heteroatoms. The number of nitrogens with zero attached hydrogens (tertiary/aromatic N) is 1. The molecule has 0 aromatic carbocycles. The first kappa shape index (κ1) is 11.4. The lowest BCUT2D eigenvalue weighted by Gasteiger charge is -2.39. The number of rotatable bonds is 2. The summed E-state index contributed by atoms with van der Waals surface area (Å²) in [6.45, 7) is 4.83. The highest BCUT2D eigenvalue weighted by atomic mass is 16.2. The van der Waals surface area contributed by atoms with Gasteiger partial charge in [0.15, 0.2) is 0 Å². The average Bonchev–Trinajstić information content (AvgIpc) is 2.44. The number of urea groups is 1. The van der Waals surface area contributed by atoms with Crippen molar-refractivity contribution in [1.29, 1.82) is 0 Å². The molecule has 1 heterocycles. The fourth-order valence-electron chi connectivity index (χ4n) is 2.85. The molecule has 1 N–H and O–H groups in total. The van der Waals surface area contributed by atoms with E-state index in [9.17, 15) is 9.59 Å². The molecule has 90 valence electrons. The number of hydrogen-bond donors (Lipinski definition) is 1. The van der Waals surface area contributed by atoms with Crippen molar-refractivity contribution in [3.8, 4) is 0 Å². The van der Waals surface area contributed by atoms with E-state index in [1.807, 2.05) is 0 Å². The van der Waals surface area contributed by atoms with E-state index in [1.54, 1.807) is 4.90 Å². The van der Waals surface area contributed by atoms with Gasteiger partial charge in [0.2, 0.25) is 0 Å². The Bertz CT molecular complexity index is 306. The minimum atomic E-state index is -0.514. The van der Waals surface area contributed by atoms with Gasteiger partial charge >= 0.3 is 6.03 Å². The lowest BCUT2D eigenvalue weighted by atomic mass is 9.80. The van der Waals surface area contributed by atoms with Crippen LogP contribution in [0.3, 0.4) is 0 Å². The smallest absolute Gasteiger partial charge is 0.309 e. The molecular formula is C12H20N2O2. The highest BCUT2D eigenvalue weighted by molar-refractivity contribution is 6.07. The minimum Gasteiger partial charge on any atom is -0.309 e. The number of carbonyl (C=O) groups is 2. The van der Waals surface area contributed by atoms with E-state index < -0.39 is 5.54 Å². The maximum Gasteiger partial charge on any atom is 0.325 e. The molecule has 2 fully saturated rings. The van der Waals surface area contributed by atoms with Gasteiger partial charge in [-0.2, -0.15) is 0 Å². The fraction of sp³-hybridized carbons (Fsp3) is 0.833. The normalized spacial score (nSPS) is 24.3. The molecule has 0 atom stereocenters. The summed E-state index contributed by atoms with van der Waals surface area (Å²) in [6, 6.07) is -0.194. The van der Waals surface area contributed by atoms with Gasteiger partial charge in [-0.25, -0.2) is 4.79 Å². The van der Waals surface area contributed by atoms with Crippen LogP contribution in [0.1, 0.15) is 46.0 Å². The quantitative estimate of drug-likeness (QED) is 0.728. The predicted molar refractivity (Wildman–Crippen MR) is 60.9 cm³/mol. The van der Waals surface area contributed by atoms with Crippen LogP contribution in [-0.2, 0) is 4.79 Å². The van der Waals surface area contributed by atoms with E-state index in [0.717, 1.165) is 25.7 Å². The van der Waals surface area contributed by atoms with Crippen molar-refractivity contribution >= 4 is 11.9 Å². The number of nitrogens with one attached hydrogen (secondary N) is 1. The van der Waals surface area contributed by atoms with E-state index in [1.165, 1.54) is 6.42 Å². The first-order valence-corrected chi connectivity index (χ1v) is 6.19. The van der Waals surface area contributed by atoms with E-state index in [0.29, 0.717) is 12.5 Å². The molecule has 2 rings (SSSR count). The number of amides is 3. The number of hydrogen-bond acceptors (Lipinski definition) is 2. The maximum atomic E-state index is 12.0. The molecule has 0 aromatic rings. The van der Waals surface area contributed by atoms with Gasteiger partial charge in [0.25, 0.3) is 5.91 Å². The zero-order valence-corrected chi connectivity index (χ0v) is 10.1. The van der Waals surface area contributed by atoms with Crippen molar-refractivity contribution in [3.63, 3.8) is 0 Å². The zero-order chi connectivity index (χ0) is 11.8. The summed E-state index contributed by atoms with van der Waals surface area (Å²) in [7, 11) is 0. The molecule has 4 nitrogen and oxygen atoms in total. The molecule has 3 amide bonds. The van der Waals surface area contributed by atoms with Crippen molar-refractivity contribution in [2.45, 2.75) is 51.5 Å². The lowest BCUT2D eigenvalue weighted by Crippen LogP contribution is -2.52. The Labute approximate surface area is 96.4 Å². The topological polar surface area (TPSA) is 49.4 Å². The first-order valence-electron chi connectivity index (χ1n) is 6.19. The monoisotopic (exact) mass is 224 g/mol. The molecule has 16 heavy (non-hydrogen) atoms. The fourth-order valence-corrected chi connectivity index (χ4v) is 2.85. The lowest BCUT2D eigenvalue weighted by molar-refractivity contribution is -0.128. The molecule has 1 spiro atoms. The van der Waals surface area contributed by atoms with Crippen molar-refractivity contribution in [2.75, 3.05) is 6.54 Å². The zero-order valence-electron chi connectivity index (χ0n) is 10.1. The van der Waals surface area contributed by atoms with Crippen LogP contribution in [0.4, 0.5) is 4.79 Å². The van der Waals surface area contributed by atoms with E-state index >= 15 is 0 Å². The largest absolute Gasteiger partial charge is 0.325 e. The Kier molecular flexibility index (Phi) is 2.91. The predicted octanol–water partition coefficient (Wildman–Crippen LogP) is 1.90. The molecule has 0 unspecified atom stereocenters. The van der Waals surface area contributed by atoms with Gasteiger partial charge in [-0.1, -0.05) is 33.1 Å². The van der Waals surface area contributed by atoms with Gasteiger partial charge < -0.3 is 4.90 Å². The van der Waals surface area contributed by atoms with E-state index in [4.69, 9.17) is 0 Å². The third kappa shape index (κ3) is 1.70. The standard InChI is InChI=1S/C12H20N2O2/c1-9(2)8-14-11(16)13-10(15)12(14)6-4-3-5-7-12/h9H,3-8H2,1-2H3,(H,13,15,16). The number of imide groups is 1. The Morgan fingerprint density at radius 3 is 2.44 bits per heavy atom. The molecule has 1 aliphatic carbocycles. The van der Waals surface area contributed by atoms with Crippen LogP contribution in [0.5, 0.6) is 0 Å². The Morgan fingerprint density at radius 1 is 1.25 bits per heavy atom. The molecule has 0 aromatic heterocycles. The van der Waals surface area contributed by atoms with Crippen LogP contribution in [0.2, 0.25) is 0 Å². The van der Waals surface area contributed by atoms with Gasteiger partial charge in [0.1, 0.15) is 5.54 Å². The molecule has 1 saturated heterocycles. The van der Waals surface area contributed by atoms with Crippen LogP contribution >= 0.6 is 0 Å². The third-order valence-corrected chi connectivity index (χ3v) is 3.63. The molecule has 0 radical (unpaired) electrons. The van der Waals surface area contributed by atoms with Crippen LogP contribution in [0.25, 0.3) is 0 Å². The third-order valence-electron chi connectivity index (χ3n) is 3.63. The van der Waals surface area contributed by atoms with Crippen molar-refractivity contribution in [3.05, 3.63) is 0 Å². The molecule has 0 bridgehead atoms. The van der Waals surface area contributed by atoms with Crippen LogP contribution in [0, 0.1) is 5.92 Å². The average molecular weight is 224 g/mol. The van der Waals surface area contributed by atoms with Crippen molar-refractivity contribution in [2.24, 2.45) is 5.92 Å². The van der Waals surface area contributed by atoms with Crippen molar-refractivity contribution < 1.29 is 9.59 Å². The Morgan fingerprint density at radius 2 is 1.88 bits per heavy atom. The van der Waals surface area contributed by atoms with E-state index in [-0.39, 0.29) is 11.9 Å². The highest BCUT2D eigenvalue weighted by Crippen LogP contribution is 2.37. The summed E-state index contributed by atoms with van der Waals surface area (Å²) in [5.74, 6) is 0.327. The van der Waals surface area contributed by atoms with Gasteiger partial charge in [0.05, 0.1) is 0 Å². The van der Waals surface area contributed by atoms with Crippen LogP contribution in [-0.4, -0.2) is 28.9 Å². The molecular weight excluding hydrogens is 204 g/mol. The maximum absolute atomic E-state index is 12.0. The summed E-state index contributed by atoms with van der Waals surface area (Å²) < 4.78 is 0. The van der Waals surface area contributed by atoms with Crippen LogP contribution in [0.15, 0.2) is 0 Å². The summed E-state index contributed by atoms with van der Waals surface area (Å²) in [5, 5.41) is 2.48. The molecule has 1 aliphatic heterocycles. The second-order valence-electron chi connectivity index (χ2n) is 5.36. The Hall–Kier alpha value is -1.06. The second-order valence-corrected chi connectivity index (χ2v) is 5.36. The SMILES string of the molecule is CC(C)CN1C(=O)NC(=O)C12CCCCC2. The molecule has 2 aliphatic rings. The van der Waals surface area contributed by atoms with Crippen molar-refractivity contribution in [1.82, 2.24) is 10.2 Å². The summed E-state index contributed by atoms with van der Waals surface area (Å²) >= 11 is 0. The first-order chi connectivity index (χ1) is 7.56. The van der Waals surface area contributed by atoms with Gasteiger partial charge in [-0.3, -0.25) is 10.1 Å². The van der Waals surface area contributed by atoms with Gasteiger partial charge in [-0.15, -0.1) is 0 Å². The van der Waals surface area contributed by atoms with E-state index in [2.05, 4.69) is 19.2 Å². The Balaban J connectivity index is 2.24. The number of carbonyl (C=O) groups excluding carboxylic acids is 2. The minimum absolute atomic E-state index is 0.0714.